The summed E-state index contributed by atoms with van der Waals surface area (Å²) in [6, 6.07) is 8.13. The number of hydrogen-bond donors (Lipinski definition) is 0. The Bertz CT molecular complexity index is 337. The van der Waals surface area contributed by atoms with E-state index in [-0.39, 0.29) is 5.41 Å². The first-order valence-corrected chi connectivity index (χ1v) is 4.58. The predicted molar refractivity (Wildman–Crippen MR) is 54.8 cm³/mol. The average molecular weight is 174 g/mol. The van der Waals surface area contributed by atoms with Crippen molar-refractivity contribution in [2.75, 3.05) is 6.61 Å². The van der Waals surface area contributed by atoms with Gasteiger partial charge in [-0.05, 0) is 6.07 Å². The van der Waals surface area contributed by atoms with E-state index in [9.17, 15) is 0 Å². The monoisotopic (exact) mass is 174 g/mol. The van der Waals surface area contributed by atoms with Gasteiger partial charge in [0.2, 0.25) is 0 Å². The highest BCUT2D eigenvalue weighted by molar-refractivity contribution is 5.58. The molecule has 0 saturated carbocycles. The van der Waals surface area contributed by atoms with E-state index in [2.05, 4.69) is 32.1 Å². The van der Waals surface area contributed by atoms with Crippen LogP contribution in [0.15, 0.2) is 30.3 Å². The van der Waals surface area contributed by atoms with E-state index in [4.69, 9.17) is 4.74 Å². The molecule has 0 amide bonds. The van der Waals surface area contributed by atoms with Crippen LogP contribution in [-0.2, 0) is 0 Å². The highest BCUT2D eigenvalue weighted by atomic mass is 16.5. The highest BCUT2D eigenvalue weighted by Gasteiger charge is 2.18. The molecular formula is C12H14O. The largest absolute Gasteiger partial charge is 0.492 e. The molecule has 0 saturated heterocycles. The number of hydrogen-bond acceptors (Lipinski definition) is 1. The van der Waals surface area contributed by atoms with Crippen LogP contribution in [0.3, 0.4) is 0 Å². The number of para-hydroxylation sites is 1. The molecule has 0 atom stereocenters. The van der Waals surface area contributed by atoms with Crippen molar-refractivity contribution in [2.24, 2.45) is 5.41 Å². The molecular weight excluding hydrogens is 160 g/mol. The summed E-state index contributed by atoms with van der Waals surface area (Å²) in [6.07, 6.45) is 4.35. The van der Waals surface area contributed by atoms with Crippen LogP contribution >= 0.6 is 0 Å². The van der Waals surface area contributed by atoms with Gasteiger partial charge in [0.1, 0.15) is 5.75 Å². The number of fused-ring (bicyclic) bond motifs is 1. The lowest BCUT2D eigenvalue weighted by molar-refractivity contribution is 0.225. The Morgan fingerprint density at radius 1 is 1.23 bits per heavy atom. The van der Waals surface area contributed by atoms with Crippen molar-refractivity contribution in [3.8, 4) is 5.75 Å². The molecule has 1 aromatic rings. The van der Waals surface area contributed by atoms with Crippen molar-refractivity contribution in [3.05, 3.63) is 35.9 Å². The molecule has 13 heavy (non-hydrogen) atoms. The lowest BCUT2D eigenvalue weighted by atomic mass is 9.94. The van der Waals surface area contributed by atoms with E-state index >= 15 is 0 Å². The third-order valence-electron chi connectivity index (χ3n) is 2.23. The summed E-state index contributed by atoms with van der Waals surface area (Å²) in [7, 11) is 0. The lowest BCUT2D eigenvalue weighted by Gasteiger charge is -2.18. The topological polar surface area (TPSA) is 9.23 Å². The number of benzene rings is 1. The Balaban J connectivity index is 2.39. The van der Waals surface area contributed by atoms with Crippen molar-refractivity contribution in [3.63, 3.8) is 0 Å². The van der Waals surface area contributed by atoms with Crippen LogP contribution in [0.5, 0.6) is 5.75 Å². The zero-order valence-electron chi connectivity index (χ0n) is 8.08. The summed E-state index contributed by atoms with van der Waals surface area (Å²) in [6.45, 7) is 5.10. The van der Waals surface area contributed by atoms with E-state index in [0.717, 1.165) is 12.4 Å². The molecule has 1 aliphatic rings. The predicted octanol–water partition coefficient (Wildman–Crippen LogP) is 3.12. The van der Waals surface area contributed by atoms with Crippen LogP contribution in [0.2, 0.25) is 0 Å². The Kier molecular flexibility index (Phi) is 1.87. The molecule has 68 valence electrons. The minimum Gasteiger partial charge on any atom is -0.492 e. The highest BCUT2D eigenvalue weighted by Crippen LogP contribution is 2.29. The molecule has 1 aliphatic heterocycles. The van der Waals surface area contributed by atoms with Crippen molar-refractivity contribution < 1.29 is 4.74 Å². The van der Waals surface area contributed by atoms with Crippen LogP contribution < -0.4 is 4.74 Å². The van der Waals surface area contributed by atoms with Crippen molar-refractivity contribution in [1.29, 1.82) is 0 Å². The van der Waals surface area contributed by atoms with Crippen LogP contribution in [-0.4, -0.2) is 6.61 Å². The third-order valence-corrected chi connectivity index (χ3v) is 2.23. The van der Waals surface area contributed by atoms with Crippen molar-refractivity contribution in [2.45, 2.75) is 13.8 Å². The number of rotatable bonds is 0. The molecule has 0 aliphatic carbocycles. The molecule has 0 N–H and O–H groups in total. The molecule has 1 aromatic carbocycles. The molecule has 0 radical (unpaired) electrons. The molecule has 0 spiro atoms. The maximum atomic E-state index is 5.70. The maximum absolute atomic E-state index is 5.70. The first-order chi connectivity index (χ1) is 6.17. The van der Waals surface area contributed by atoms with E-state index in [1.54, 1.807) is 0 Å². The van der Waals surface area contributed by atoms with Crippen molar-refractivity contribution >= 4 is 6.08 Å². The summed E-state index contributed by atoms with van der Waals surface area (Å²) < 4.78 is 5.70. The van der Waals surface area contributed by atoms with Gasteiger partial charge in [-0.15, -0.1) is 0 Å². The van der Waals surface area contributed by atoms with E-state index < -0.39 is 0 Å². The molecule has 1 heterocycles. The van der Waals surface area contributed by atoms with E-state index in [1.807, 2.05) is 18.2 Å². The maximum Gasteiger partial charge on any atom is 0.126 e. The van der Waals surface area contributed by atoms with Crippen LogP contribution in [0.1, 0.15) is 19.4 Å². The van der Waals surface area contributed by atoms with E-state index in [0.29, 0.717) is 0 Å². The standard InChI is InChI=1S/C12H14O/c1-12(2)8-7-10-5-3-4-6-11(10)13-9-12/h3-8H,9H2,1-2H3. The quantitative estimate of drug-likeness (QED) is 0.587. The first-order valence-electron chi connectivity index (χ1n) is 4.58. The Morgan fingerprint density at radius 2 is 2.00 bits per heavy atom. The summed E-state index contributed by atoms with van der Waals surface area (Å²) in [5.74, 6) is 0.990. The van der Waals surface area contributed by atoms with Gasteiger partial charge in [0.05, 0.1) is 6.61 Å². The van der Waals surface area contributed by atoms with Gasteiger partial charge in [-0.2, -0.15) is 0 Å². The fourth-order valence-electron chi connectivity index (χ4n) is 1.38. The van der Waals surface area contributed by atoms with Gasteiger partial charge >= 0.3 is 0 Å². The van der Waals surface area contributed by atoms with Gasteiger partial charge in [0, 0.05) is 11.0 Å². The molecule has 0 fully saturated rings. The average Bonchev–Trinajstić information content (AvgIpc) is 2.27. The second-order valence-electron chi connectivity index (χ2n) is 4.15. The SMILES string of the molecule is CC1(C)C=Cc2ccccc2OC1. The van der Waals surface area contributed by atoms with Gasteiger partial charge < -0.3 is 4.74 Å². The third kappa shape index (κ3) is 1.74. The van der Waals surface area contributed by atoms with Gasteiger partial charge in [0.25, 0.3) is 0 Å². The fraction of sp³-hybridized carbons (Fsp3) is 0.333. The molecule has 0 bridgehead atoms. The van der Waals surface area contributed by atoms with Gasteiger partial charge in [-0.25, -0.2) is 0 Å². The molecule has 2 rings (SSSR count). The van der Waals surface area contributed by atoms with Crippen LogP contribution in [0, 0.1) is 5.41 Å². The van der Waals surface area contributed by atoms with Gasteiger partial charge in [0.15, 0.2) is 0 Å². The van der Waals surface area contributed by atoms with Gasteiger partial charge in [-0.3, -0.25) is 0 Å². The normalized spacial score (nSPS) is 18.6. The Labute approximate surface area is 79.0 Å². The lowest BCUT2D eigenvalue weighted by Crippen LogP contribution is -2.17. The van der Waals surface area contributed by atoms with Crippen LogP contribution in [0.4, 0.5) is 0 Å². The fourth-order valence-corrected chi connectivity index (χ4v) is 1.38. The summed E-state index contributed by atoms with van der Waals surface area (Å²) in [5.41, 5.74) is 1.31. The van der Waals surface area contributed by atoms with Crippen molar-refractivity contribution in [1.82, 2.24) is 0 Å². The smallest absolute Gasteiger partial charge is 0.126 e. The second kappa shape index (κ2) is 2.91. The first kappa shape index (κ1) is 8.36. The second-order valence-corrected chi connectivity index (χ2v) is 4.15. The molecule has 0 aromatic heterocycles. The Morgan fingerprint density at radius 3 is 2.85 bits per heavy atom. The van der Waals surface area contributed by atoms with Crippen LogP contribution in [0.25, 0.3) is 6.08 Å². The Hall–Kier alpha value is -1.24. The summed E-state index contributed by atoms with van der Waals surface area (Å²) in [4.78, 5) is 0. The zero-order valence-corrected chi connectivity index (χ0v) is 8.08. The number of ether oxygens (including phenoxy) is 1. The van der Waals surface area contributed by atoms with Gasteiger partial charge in [-0.1, -0.05) is 44.2 Å². The minimum atomic E-state index is 0.138. The van der Waals surface area contributed by atoms with E-state index in [1.165, 1.54) is 5.56 Å². The summed E-state index contributed by atoms with van der Waals surface area (Å²) >= 11 is 0. The molecule has 1 nitrogen and oxygen atoms in total. The zero-order chi connectivity index (χ0) is 9.31. The molecule has 0 unspecified atom stereocenters. The minimum absolute atomic E-state index is 0.138. The summed E-state index contributed by atoms with van der Waals surface area (Å²) in [5, 5.41) is 0. The molecule has 1 heteroatoms.